The predicted molar refractivity (Wildman–Crippen MR) is 95.1 cm³/mol. The van der Waals surface area contributed by atoms with Crippen LogP contribution in [0.15, 0.2) is 54.6 Å². The van der Waals surface area contributed by atoms with Gasteiger partial charge in [0, 0.05) is 11.1 Å². The van der Waals surface area contributed by atoms with Crippen molar-refractivity contribution in [2.45, 2.75) is 19.3 Å². The molecule has 0 unspecified atom stereocenters. The Morgan fingerprint density at radius 1 is 1.04 bits per heavy atom. The molecule has 0 bridgehead atoms. The number of anilines is 2. The number of nitriles is 1. The van der Waals surface area contributed by atoms with Gasteiger partial charge in [-0.2, -0.15) is 5.26 Å². The summed E-state index contributed by atoms with van der Waals surface area (Å²) in [6, 6.07) is 19.8. The molecule has 0 spiro atoms. The molecule has 0 aliphatic rings. The molecule has 3 aromatic rings. The van der Waals surface area contributed by atoms with E-state index in [4.69, 9.17) is 11.6 Å². The van der Waals surface area contributed by atoms with Gasteiger partial charge in [0.2, 0.25) is 0 Å². The minimum atomic E-state index is -0.493. The van der Waals surface area contributed by atoms with Gasteiger partial charge >= 0.3 is 0 Å². The van der Waals surface area contributed by atoms with Gasteiger partial charge in [-0.1, -0.05) is 35.9 Å². The number of hydrogen-bond donors (Lipinski definition) is 1. The quantitative estimate of drug-likeness (QED) is 0.699. The fraction of sp³-hybridized carbons (Fsp3) is 0.158. The van der Waals surface area contributed by atoms with Crippen LogP contribution in [0.1, 0.15) is 19.4 Å². The molecule has 1 N–H and O–H groups in total. The summed E-state index contributed by atoms with van der Waals surface area (Å²) in [6.07, 6.45) is 0. The zero-order valence-corrected chi connectivity index (χ0v) is 13.7. The first-order chi connectivity index (χ1) is 11.0. The van der Waals surface area contributed by atoms with Crippen molar-refractivity contribution in [3.8, 4) is 6.07 Å². The predicted octanol–water partition coefficient (Wildman–Crippen LogP) is 5.43. The monoisotopic (exact) mass is 321 g/mol. The van der Waals surface area contributed by atoms with E-state index in [0.29, 0.717) is 5.02 Å². The highest BCUT2D eigenvalue weighted by Gasteiger charge is 2.19. The SMILES string of the molecule is CC(C)(C#N)c1ccc(Nc2ccc3cccc(Cl)c3n2)cc1. The van der Waals surface area contributed by atoms with E-state index in [1.807, 2.05) is 68.4 Å². The van der Waals surface area contributed by atoms with Crippen LogP contribution in [0.2, 0.25) is 5.02 Å². The molecule has 0 saturated carbocycles. The largest absolute Gasteiger partial charge is 0.340 e. The molecule has 4 heteroatoms. The van der Waals surface area contributed by atoms with Crippen molar-refractivity contribution in [2.24, 2.45) is 0 Å². The minimum Gasteiger partial charge on any atom is -0.340 e. The topological polar surface area (TPSA) is 48.7 Å². The first kappa shape index (κ1) is 15.3. The maximum Gasteiger partial charge on any atom is 0.131 e. The number of para-hydroxylation sites is 1. The number of rotatable bonds is 3. The fourth-order valence-corrected chi connectivity index (χ4v) is 2.59. The first-order valence-corrected chi connectivity index (χ1v) is 7.71. The van der Waals surface area contributed by atoms with Gasteiger partial charge in [0.1, 0.15) is 5.82 Å². The van der Waals surface area contributed by atoms with Crippen LogP contribution in [0, 0.1) is 11.3 Å². The van der Waals surface area contributed by atoms with E-state index in [2.05, 4.69) is 16.4 Å². The van der Waals surface area contributed by atoms with Crippen molar-refractivity contribution >= 4 is 34.0 Å². The van der Waals surface area contributed by atoms with Gasteiger partial charge in [-0.25, -0.2) is 4.98 Å². The van der Waals surface area contributed by atoms with E-state index in [1.165, 1.54) is 0 Å². The van der Waals surface area contributed by atoms with Gasteiger partial charge < -0.3 is 5.32 Å². The molecule has 0 atom stereocenters. The Morgan fingerprint density at radius 3 is 2.48 bits per heavy atom. The Balaban J connectivity index is 1.88. The van der Waals surface area contributed by atoms with Gasteiger partial charge in [-0.05, 0) is 49.7 Å². The number of hydrogen-bond acceptors (Lipinski definition) is 3. The molecule has 0 aliphatic heterocycles. The van der Waals surface area contributed by atoms with E-state index in [1.54, 1.807) is 0 Å². The Bertz CT molecular complexity index is 893. The average molecular weight is 322 g/mol. The van der Waals surface area contributed by atoms with E-state index < -0.39 is 5.41 Å². The summed E-state index contributed by atoms with van der Waals surface area (Å²) in [7, 11) is 0. The maximum absolute atomic E-state index is 9.19. The van der Waals surface area contributed by atoms with Gasteiger partial charge in [0.15, 0.2) is 0 Å². The first-order valence-electron chi connectivity index (χ1n) is 7.34. The highest BCUT2D eigenvalue weighted by Crippen LogP contribution is 2.26. The second-order valence-electron chi connectivity index (χ2n) is 5.95. The molecule has 0 saturated heterocycles. The number of fused-ring (bicyclic) bond motifs is 1. The van der Waals surface area contributed by atoms with Crippen molar-refractivity contribution < 1.29 is 0 Å². The van der Waals surface area contributed by atoms with Gasteiger partial charge in [0.05, 0.1) is 22.0 Å². The molecule has 2 aromatic carbocycles. The molecule has 23 heavy (non-hydrogen) atoms. The Morgan fingerprint density at radius 2 is 1.78 bits per heavy atom. The smallest absolute Gasteiger partial charge is 0.131 e. The number of nitrogens with one attached hydrogen (secondary N) is 1. The standard InChI is InChI=1S/C19H16ClN3/c1-19(2,12-21)14-7-9-15(10-8-14)22-17-11-6-13-4-3-5-16(20)18(13)23-17/h3-11H,1-2H3,(H,22,23). The molecule has 3 rings (SSSR count). The van der Waals surface area contributed by atoms with E-state index >= 15 is 0 Å². The third-order valence-corrected chi connectivity index (χ3v) is 4.13. The number of aromatic nitrogens is 1. The zero-order chi connectivity index (χ0) is 16.4. The molecule has 0 radical (unpaired) electrons. The highest BCUT2D eigenvalue weighted by atomic mass is 35.5. The second-order valence-corrected chi connectivity index (χ2v) is 6.35. The minimum absolute atomic E-state index is 0.493. The Labute approximate surface area is 140 Å². The van der Waals surface area contributed by atoms with Crippen LogP contribution in [0.5, 0.6) is 0 Å². The lowest BCUT2D eigenvalue weighted by Crippen LogP contribution is -2.13. The fourth-order valence-electron chi connectivity index (χ4n) is 2.36. The van der Waals surface area contributed by atoms with Crippen molar-refractivity contribution in [3.63, 3.8) is 0 Å². The van der Waals surface area contributed by atoms with Crippen LogP contribution in [0.25, 0.3) is 10.9 Å². The van der Waals surface area contributed by atoms with E-state index in [9.17, 15) is 5.26 Å². The maximum atomic E-state index is 9.19. The summed E-state index contributed by atoms with van der Waals surface area (Å²) < 4.78 is 0. The van der Waals surface area contributed by atoms with Crippen LogP contribution < -0.4 is 5.32 Å². The average Bonchev–Trinajstić information content (AvgIpc) is 2.56. The summed E-state index contributed by atoms with van der Waals surface area (Å²) in [6.45, 7) is 3.81. The molecular weight excluding hydrogens is 306 g/mol. The van der Waals surface area contributed by atoms with Crippen molar-refractivity contribution in [1.29, 1.82) is 5.26 Å². The summed E-state index contributed by atoms with van der Waals surface area (Å²) >= 11 is 6.20. The van der Waals surface area contributed by atoms with E-state index in [-0.39, 0.29) is 0 Å². The van der Waals surface area contributed by atoms with Crippen LogP contribution in [-0.4, -0.2) is 4.98 Å². The van der Waals surface area contributed by atoms with Crippen LogP contribution >= 0.6 is 11.6 Å². The van der Waals surface area contributed by atoms with Crippen molar-refractivity contribution in [3.05, 3.63) is 65.2 Å². The lowest BCUT2D eigenvalue weighted by atomic mass is 9.86. The Kier molecular flexibility index (Phi) is 3.94. The molecular formula is C19H16ClN3. The second kappa shape index (κ2) is 5.91. The molecule has 114 valence electrons. The molecule has 0 aliphatic carbocycles. The van der Waals surface area contributed by atoms with Crippen molar-refractivity contribution in [1.82, 2.24) is 4.98 Å². The lowest BCUT2D eigenvalue weighted by Gasteiger charge is -2.16. The highest BCUT2D eigenvalue weighted by molar-refractivity contribution is 6.35. The van der Waals surface area contributed by atoms with E-state index in [0.717, 1.165) is 28.0 Å². The molecule has 1 heterocycles. The molecule has 0 fully saturated rings. The Hall–Kier alpha value is -2.57. The summed E-state index contributed by atoms with van der Waals surface area (Å²) in [5, 5.41) is 14.1. The number of pyridine rings is 1. The third kappa shape index (κ3) is 3.13. The lowest BCUT2D eigenvalue weighted by molar-refractivity contribution is 0.687. The third-order valence-electron chi connectivity index (χ3n) is 3.83. The molecule has 3 nitrogen and oxygen atoms in total. The summed E-state index contributed by atoms with van der Waals surface area (Å²) in [4.78, 5) is 4.56. The summed E-state index contributed by atoms with van der Waals surface area (Å²) in [5.74, 6) is 0.734. The van der Waals surface area contributed by atoms with Gasteiger partial charge in [-0.3, -0.25) is 0 Å². The van der Waals surface area contributed by atoms with Gasteiger partial charge in [-0.15, -0.1) is 0 Å². The molecule has 0 amide bonds. The summed E-state index contributed by atoms with van der Waals surface area (Å²) in [5.41, 5.74) is 2.19. The van der Waals surface area contributed by atoms with Crippen LogP contribution in [0.3, 0.4) is 0 Å². The zero-order valence-electron chi connectivity index (χ0n) is 13.0. The van der Waals surface area contributed by atoms with Crippen LogP contribution in [-0.2, 0) is 5.41 Å². The molecule has 1 aromatic heterocycles. The van der Waals surface area contributed by atoms with Crippen LogP contribution in [0.4, 0.5) is 11.5 Å². The van der Waals surface area contributed by atoms with Gasteiger partial charge in [0.25, 0.3) is 0 Å². The van der Waals surface area contributed by atoms with Crippen molar-refractivity contribution in [2.75, 3.05) is 5.32 Å². The number of halogens is 1. The normalized spacial score (nSPS) is 11.2. The number of nitrogens with zero attached hydrogens (tertiary/aromatic N) is 2. The number of benzene rings is 2.